The molecule has 23 heavy (non-hydrogen) atoms. The van der Waals surface area contributed by atoms with E-state index in [9.17, 15) is 4.79 Å². The van der Waals surface area contributed by atoms with Crippen molar-refractivity contribution in [3.8, 4) is 0 Å². The van der Waals surface area contributed by atoms with Crippen LogP contribution in [0.25, 0.3) is 0 Å². The first-order valence-electron chi connectivity index (χ1n) is 8.45. The summed E-state index contributed by atoms with van der Waals surface area (Å²) < 4.78 is 0. The number of amides is 1. The Kier molecular flexibility index (Phi) is 4.85. The predicted octanol–water partition coefficient (Wildman–Crippen LogP) is 3.45. The zero-order valence-electron chi connectivity index (χ0n) is 13.8. The lowest BCUT2D eigenvalue weighted by molar-refractivity contribution is -0.122. The smallest absolute Gasteiger partial charge is 0.238 e. The number of hydrazine groups is 1. The van der Waals surface area contributed by atoms with E-state index in [1.807, 2.05) is 19.1 Å². The average Bonchev–Trinajstić information content (AvgIpc) is 3.12. The van der Waals surface area contributed by atoms with Crippen LogP contribution >= 0.6 is 12.2 Å². The predicted molar refractivity (Wildman–Crippen MR) is 97.0 cm³/mol. The Morgan fingerprint density at radius 2 is 2.04 bits per heavy atom. The molecule has 1 aromatic rings. The van der Waals surface area contributed by atoms with E-state index >= 15 is 0 Å². The van der Waals surface area contributed by atoms with Gasteiger partial charge in [-0.15, -0.1) is 0 Å². The third-order valence-corrected chi connectivity index (χ3v) is 5.70. The van der Waals surface area contributed by atoms with E-state index in [1.54, 1.807) is 0 Å². The maximum atomic E-state index is 12.1. The number of hydrogen-bond acceptors (Lipinski definition) is 2. The number of hydrogen-bond donors (Lipinski definition) is 3. The number of thiocarbonyl (C=S) groups is 1. The summed E-state index contributed by atoms with van der Waals surface area (Å²) in [5.74, 6) is 2.24. The first kappa shape index (κ1) is 16.2. The molecule has 3 rings (SSSR count). The Hall–Kier alpha value is -1.62. The standard InChI is InChI=1S/C18H25N3OS/c1-11-4-3-5-16(12(11)2)19-18(23)21-20-17(22)10-15-9-13-6-7-14(15)8-13/h3-5,13-15H,6-10H2,1-2H3,(H,20,22)(H2,19,21,23). The van der Waals surface area contributed by atoms with Crippen LogP contribution in [-0.4, -0.2) is 11.0 Å². The molecule has 0 saturated heterocycles. The van der Waals surface area contributed by atoms with Gasteiger partial charge >= 0.3 is 0 Å². The fourth-order valence-corrected chi connectivity index (χ4v) is 4.24. The van der Waals surface area contributed by atoms with Gasteiger partial charge in [-0.1, -0.05) is 18.6 Å². The second-order valence-corrected chi connectivity index (χ2v) is 7.42. The molecule has 3 atom stereocenters. The normalized spacial score (nSPS) is 25.2. The van der Waals surface area contributed by atoms with Gasteiger partial charge in [0.05, 0.1) is 0 Å². The number of anilines is 1. The molecule has 2 aliphatic rings. The highest BCUT2D eigenvalue weighted by molar-refractivity contribution is 7.80. The molecular formula is C18H25N3OS. The second kappa shape index (κ2) is 6.87. The average molecular weight is 331 g/mol. The molecule has 2 saturated carbocycles. The van der Waals surface area contributed by atoms with Gasteiger partial charge in [0.2, 0.25) is 5.91 Å². The number of aryl methyl sites for hydroxylation is 1. The van der Waals surface area contributed by atoms with E-state index in [2.05, 4.69) is 29.2 Å². The molecule has 2 fully saturated rings. The van der Waals surface area contributed by atoms with Crippen LogP contribution < -0.4 is 16.2 Å². The van der Waals surface area contributed by atoms with Gasteiger partial charge < -0.3 is 5.32 Å². The Morgan fingerprint density at radius 1 is 1.22 bits per heavy atom. The third kappa shape index (κ3) is 3.83. The van der Waals surface area contributed by atoms with E-state index in [0.717, 1.165) is 23.1 Å². The molecule has 1 amide bonds. The van der Waals surface area contributed by atoms with Crippen LogP contribution in [0.4, 0.5) is 5.69 Å². The third-order valence-electron chi connectivity index (χ3n) is 5.50. The quantitative estimate of drug-likeness (QED) is 0.586. The Balaban J connectivity index is 1.43. The number of nitrogens with one attached hydrogen (secondary N) is 3. The highest BCUT2D eigenvalue weighted by Crippen LogP contribution is 2.49. The molecule has 3 N–H and O–H groups in total. The lowest BCUT2D eigenvalue weighted by Gasteiger charge is -2.21. The number of carbonyl (C=O) groups is 1. The molecular weight excluding hydrogens is 306 g/mol. The number of rotatable bonds is 3. The molecule has 0 heterocycles. The highest BCUT2D eigenvalue weighted by Gasteiger charge is 2.40. The van der Waals surface area contributed by atoms with Crippen LogP contribution in [0.3, 0.4) is 0 Å². The number of fused-ring (bicyclic) bond motifs is 2. The van der Waals surface area contributed by atoms with Crippen molar-refractivity contribution in [3.05, 3.63) is 29.3 Å². The maximum absolute atomic E-state index is 12.1. The van der Waals surface area contributed by atoms with Gasteiger partial charge in [0, 0.05) is 12.1 Å². The van der Waals surface area contributed by atoms with Gasteiger partial charge in [-0.25, -0.2) is 0 Å². The van der Waals surface area contributed by atoms with Gasteiger partial charge in [-0.05, 0) is 80.3 Å². The monoisotopic (exact) mass is 331 g/mol. The van der Waals surface area contributed by atoms with Crippen molar-refractivity contribution in [1.29, 1.82) is 0 Å². The van der Waals surface area contributed by atoms with E-state index in [4.69, 9.17) is 12.2 Å². The van der Waals surface area contributed by atoms with Crippen molar-refractivity contribution in [3.63, 3.8) is 0 Å². The summed E-state index contributed by atoms with van der Waals surface area (Å²) in [5, 5.41) is 3.55. The molecule has 0 radical (unpaired) electrons. The van der Waals surface area contributed by atoms with Gasteiger partial charge in [-0.2, -0.15) is 0 Å². The van der Waals surface area contributed by atoms with Crippen molar-refractivity contribution in [1.82, 2.24) is 10.9 Å². The largest absolute Gasteiger partial charge is 0.331 e. The SMILES string of the molecule is Cc1cccc(NC(=S)NNC(=O)CC2CC3CCC2C3)c1C. The van der Waals surface area contributed by atoms with Gasteiger partial charge in [0.1, 0.15) is 0 Å². The van der Waals surface area contributed by atoms with Crippen LogP contribution in [-0.2, 0) is 4.79 Å². The van der Waals surface area contributed by atoms with Crippen LogP contribution in [0.1, 0.15) is 43.2 Å². The summed E-state index contributed by atoms with van der Waals surface area (Å²) in [6, 6.07) is 6.03. The van der Waals surface area contributed by atoms with Crippen LogP contribution in [0.15, 0.2) is 18.2 Å². The van der Waals surface area contributed by atoms with E-state index < -0.39 is 0 Å². The molecule has 3 unspecified atom stereocenters. The molecule has 2 aliphatic carbocycles. The first-order valence-corrected chi connectivity index (χ1v) is 8.86. The maximum Gasteiger partial charge on any atom is 0.238 e. The molecule has 4 nitrogen and oxygen atoms in total. The highest BCUT2D eigenvalue weighted by atomic mass is 32.1. The van der Waals surface area contributed by atoms with Crippen molar-refractivity contribution in [2.45, 2.75) is 46.0 Å². The minimum Gasteiger partial charge on any atom is -0.331 e. The first-order chi connectivity index (χ1) is 11.0. The molecule has 5 heteroatoms. The fraction of sp³-hybridized carbons (Fsp3) is 0.556. The molecule has 1 aromatic carbocycles. The minimum absolute atomic E-state index is 0.0349. The summed E-state index contributed by atoms with van der Waals surface area (Å²) in [7, 11) is 0. The molecule has 0 aliphatic heterocycles. The van der Waals surface area contributed by atoms with Gasteiger partial charge in [0.15, 0.2) is 5.11 Å². The lowest BCUT2D eigenvalue weighted by Crippen LogP contribution is -2.44. The number of carbonyl (C=O) groups excluding carboxylic acids is 1. The Bertz CT molecular complexity index is 616. The van der Waals surface area contributed by atoms with E-state index in [1.165, 1.54) is 31.2 Å². The zero-order valence-corrected chi connectivity index (χ0v) is 14.6. The molecule has 0 aromatic heterocycles. The van der Waals surface area contributed by atoms with Crippen LogP contribution in [0.2, 0.25) is 0 Å². The summed E-state index contributed by atoms with van der Waals surface area (Å²) in [4.78, 5) is 12.1. The topological polar surface area (TPSA) is 53.2 Å². The Labute approximate surface area is 143 Å². The lowest BCUT2D eigenvalue weighted by atomic mass is 9.86. The van der Waals surface area contributed by atoms with Crippen molar-refractivity contribution in [2.75, 3.05) is 5.32 Å². The number of benzene rings is 1. The molecule has 124 valence electrons. The molecule has 0 spiro atoms. The van der Waals surface area contributed by atoms with E-state index in [-0.39, 0.29) is 5.91 Å². The second-order valence-electron chi connectivity index (χ2n) is 7.01. The van der Waals surface area contributed by atoms with Gasteiger partial charge in [-0.3, -0.25) is 15.6 Å². The van der Waals surface area contributed by atoms with Crippen LogP contribution in [0, 0.1) is 31.6 Å². The summed E-state index contributed by atoms with van der Waals surface area (Å²) in [6.45, 7) is 4.11. The van der Waals surface area contributed by atoms with E-state index in [0.29, 0.717) is 17.5 Å². The van der Waals surface area contributed by atoms with Crippen molar-refractivity contribution in [2.24, 2.45) is 17.8 Å². The summed E-state index contributed by atoms with van der Waals surface area (Å²) >= 11 is 5.26. The summed E-state index contributed by atoms with van der Waals surface area (Å²) in [6.07, 6.45) is 5.84. The van der Waals surface area contributed by atoms with Crippen molar-refractivity contribution < 1.29 is 4.79 Å². The fourth-order valence-electron chi connectivity index (χ4n) is 4.08. The summed E-state index contributed by atoms with van der Waals surface area (Å²) in [5.41, 5.74) is 8.87. The van der Waals surface area contributed by atoms with Gasteiger partial charge in [0.25, 0.3) is 0 Å². The minimum atomic E-state index is 0.0349. The van der Waals surface area contributed by atoms with Crippen molar-refractivity contribution >= 4 is 28.9 Å². The Morgan fingerprint density at radius 3 is 2.74 bits per heavy atom. The van der Waals surface area contributed by atoms with Crippen LogP contribution in [0.5, 0.6) is 0 Å². The molecule has 2 bridgehead atoms. The zero-order chi connectivity index (χ0) is 16.4.